The minimum atomic E-state index is -0.456. The molecule has 6 rings (SSSR count). The Hall–Kier alpha value is -3.33. The second-order valence-electron chi connectivity index (χ2n) is 10.4. The van der Waals surface area contributed by atoms with Crippen LogP contribution in [0.2, 0.25) is 0 Å². The number of pyridine rings is 1. The number of aliphatic hydroxyl groups is 1. The fraction of sp³-hybridized carbons (Fsp3) is 0.393. The first-order valence-corrected chi connectivity index (χ1v) is 12.4. The molecule has 0 aliphatic carbocycles. The highest BCUT2D eigenvalue weighted by molar-refractivity contribution is 5.98. The number of esters is 1. The molecule has 0 unspecified atom stereocenters. The highest BCUT2D eigenvalue weighted by atomic mass is 16.5. The predicted octanol–water partition coefficient (Wildman–Crippen LogP) is 2.17. The standard InChI is InChI=1S/C28H30N4O4/c1-36-27(35)22-7-4-6-21(10-22)26(34)31-14-23-11-24(33)15-32(23)28(18-31)16-30(17-28)13-19-9-20-5-2-3-8-25(20)29-12-19/h2-10,12,23-24,33H,11,13-18H2,1H3/t23-,24+/m0/s1. The molecule has 4 heterocycles. The zero-order chi connectivity index (χ0) is 24.9. The topological polar surface area (TPSA) is 86.2 Å². The summed E-state index contributed by atoms with van der Waals surface area (Å²) in [5.74, 6) is -0.541. The summed E-state index contributed by atoms with van der Waals surface area (Å²) < 4.78 is 4.82. The fourth-order valence-corrected chi connectivity index (χ4v) is 6.29. The maximum Gasteiger partial charge on any atom is 0.337 e. The molecule has 3 saturated heterocycles. The van der Waals surface area contributed by atoms with Crippen LogP contribution in [0.15, 0.2) is 60.8 Å². The molecule has 3 aromatic rings. The van der Waals surface area contributed by atoms with E-state index in [0.717, 1.165) is 30.5 Å². The molecule has 3 aliphatic rings. The Labute approximate surface area is 210 Å². The molecule has 1 aromatic heterocycles. The Morgan fingerprint density at radius 1 is 1.06 bits per heavy atom. The molecule has 2 aromatic carbocycles. The number of methoxy groups -OCH3 is 1. The van der Waals surface area contributed by atoms with E-state index in [9.17, 15) is 14.7 Å². The largest absolute Gasteiger partial charge is 0.465 e. The van der Waals surface area contributed by atoms with E-state index in [1.54, 1.807) is 24.3 Å². The number of benzene rings is 2. The van der Waals surface area contributed by atoms with E-state index < -0.39 is 5.97 Å². The number of amides is 1. The smallest absolute Gasteiger partial charge is 0.337 e. The zero-order valence-corrected chi connectivity index (χ0v) is 20.3. The summed E-state index contributed by atoms with van der Waals surface area (Å²) in [6, 6.07) is 17.2. The van der Waals surface area contributed by atoms with E-state index in [1.807, 2.05) is 29.3 Å². The molecule has 3 aliphatic heterocycles. The van der Waals surface area contributed by atoms with Crippen LogP contribution in [0, 0.1) is 0 Å². The summed E-state index contributed by atoms with van der Waals surface area (Å²) in [6.45, 7) is 4.29. The van der Waals surface area contributed by atoms with Crippen molar-refractivity contribution in [2.24, 2.45) is 0 Å². The van der Waals surface area contributed by atoms with Crippen molar-refractivity contribution in [2.45, 2.75) is 30.7 Å². The molecule has 1 N–H and O–H groups in total. The van der Waals surface area contributed by atoms with Gasteiger partial charge in [0.05, 0.1) is 29.8 Å². The maximum atomic E-state index is 13.5. The van der Waals surface area contributed by atoms with Crippen molar-refractivity contribution in [3.8, 4) is 0 Å². The van der Waals surface area contributed by atoms with Crippen LogP contribution in [0.5, 0.6) is 0 Å². The first-order chi connectivity index (χ1) is 17.4. The van der Waals surface area contributed by atoms with Gasteiger partial charge in [0.1, 0.15) is 0 Å². The van der Waals surface area contributed by atoms with E-state index in [-0.39, 0.29) is 23.6 Å². The number of ether oxygens (including phenoxy) is 1. The minimum Gasteiger partial charge on any atom is -0.465 e. The summed E-state index contributed by atoms with van der Waals surface area (Å²) in [5.41, 5.74) is 2.84. The van der Waals surface area contributed by atoms with Crippen molar-refractivity contribution in [3.63, 3.8) is 0 Å². The highest BCUT2D eigenvalue weighted by Crippen LogP contribution is 2.40. The Kier molecular flexibility index (Phi) is 5.75. The lowest BCUT2D eigenvalue weighted by Crippen LogP contribution is -2.78. The quantitative estimate of drug-likeness (QED) is 0.566. The van der Waals surface area contributed by atoms with E-state index >= 15 is 0 Å². The van der Waals surface area contributed by atoms with E-state index in [2.05, 4.69) is 26.9 Å². The molecule has 8 heteroatoms. The molecule has 1 amide bonds. The summed E-state index contributed by atoms with van der Waals surface area (Å²) in [6.07, 6.45) is 2.24. The fourth-order valence-electron chi connectivity index (χ4n) is 6.29. The number of aliphatic hydroxyl groups excluding tert-OH is 1. The lowest BCUT2D eigenvalue weighted by atomic mass is 9.83. The number of carbonyl (C=O) groups is 2. The van der Waals surface area contributed by atoms with Crippen LogP contribution in [0.25, 0.3) is 10.9 Å². The third-order valence-electron chi connectivity index (χ3n) is 7.82. The summed E-state index contributed by atoms with van der Waals surface area (Å²) in [5, 5.41) is 11.6. The first kappa shape index (κ1) is 23.1. The van der Waals surface area contributed by atoms with Crippen LogP contribution < -0.4 is 0 Å². The zero-order valence-electron chi connectivity index (χ0n) is 20.3. The van der Waals surface area contributed by atoms with Crippen molar-refractivity contribution >= 4 is 22.8 Å². The number of piperazine rings is 1. The number of para-hydroxylation sites is 1. The van der Waals surface area contributed by atoms with Gasteiger partial charge in [-0.2, -0.15) is 0 Å². The SMILES string of the molecule is COC(=O)c1cccc(C(=O)N2C[C@@H]3C[C@@H](O)CN3C3(CN(Cc4cnc5ccccc5c4)C3)C2)c1. The number of hydrogen-bond donors (Lipinski definition) is 1. The number of hydrogen-bond acceptors (Lipinski definition) is 7. The van der Waals surface area contributed by atoms with Gasteiger partial charge >= 0.3 is 5.97 Å². The van der Waals surface area contributed by atoms with Crippen molar-refractivity contribution in [1.82, 2.24) is 19.7 Å². The normalized spacial score (nSPS) is 23.4. The lowest BCUT2D eigenvalue weighted by Gasteiger charge is -2.61. The number of carbonyl (C=O) groups excluding carboxylic acids is 2. The second kappa shape index (κ2) is 8.96. The summed E-state index contributed by atoms with van der Waals surface area (Å²) in [4.78, 5) is 36.8. The molecule has 0 saturated carbocycles. The molecule has 8 nitrogen and oxygen atoms in total. The second-order valence-corrected chi connectivity index (χ2v) is 10.4. The van der Waals surface area contributed by atoms with Crippen LogP contribution in [0.1, 0.15) is 32.7 Å². The van der Waals surface area contributed by atoms with Crippen LogP contribution >= 0.6 is 0 Å². The average Bonchev–Trinajstić information content (AvgIpc) is 3.27. The van der Waals surface area contributed by atoms with E-state index in [0.29, 0.717) is 37.2 Å². The number of β-amino-alcohol motifs (C(OH)–C–C–N with tert-alkyl or cyclic N) is 1. The predicted molar refractivity (Wildman–Crippen MR) is 135 cm³/mol. The monoisotopic (exact) mass is 486 g/mol. The number of likely N-dealkylation sites (tertiary alicyclic amines) is 1. The number of nitrogens with zero attached hydrogens (tertiary/aromatic N) is 4. The molecule has 2 atom stereocenters. The maximum absolute atomic E-state index is 13.5. The van der Waals surface area contributed by atoms with Gasteiger partial charge < -0.3 is 14.7 Å². The molecule has 0 radical (unpaired) electrons. The molecule has 36 heavy (non-hydrogen) atoms. The van der Waals surface area contributed by atoms with E-state index in [1.165, 1.54) is 12.7 Å². The minimum absolute atomic E-state index is 0.0849. The molecule has 3 fully saturated rings. The van der Waals surface area contributed by atoms with Crippen molar-refractivity contribution in [3.05, 3.63) is 77.5 Å². The van der Waals surface area contributed by atoms with Gasteiger partial charge in [-0.3, -0.25) is 19.6 Å². The molecule has 1 spiro atoms. The third-order valence-corrected chi connectivity index (χ3v) is 7.82. The van der Waals surface area contributed by atoms with Gasteiger partial charge in [-0.05, 0) is 42.3 Å². The first-order valence-electron chi connectivity index (χ1n) is 12.4. The van der Waals surface area contributed by atoms with Gasteiger partial charge in [0.2, 0.25) is 0 Å². The van der Waals surface area contributed by atoms with Gasteiger partial charge in [0.25, 0.3) is 5.91 Å². The van der Waals surface area contributed by atoms with Crippen molar-refractivity contribution in [2.75, 3.05) is 39.8 Å². The number of rotatable bonds is 4. The van der Waals surface area contributed by atoms with Crippen LogP contribution in [0.4, 0.5) is 0 Å². The van der Waals surface area contributed by atoms with Crippen molar-refractivity contribution < 1.29 is 19.4 Å². The van der Waals surface area contributed by atoms with Crippen LogP contribution in [-0.2, 0) is 11.3 Å². The van der Waals surface area contributed by atoms with Gasteiger partial charge in [0, 0.05) is 62.5 Å². The number of aromatic nitrogens is 1. The Morgan fingerprint density at radius 2 is 1.86 bits per heavy atom. The molecular weight excluding hydrogens is 456 g/mol. The average molecular weight is 487 g/mol. The molecule has 0 bridgehead atoms. The number of fused-ring (bicyclic) bond motifs is 3. The highest BCUT2D eigenvalue weighted by Gasteiger charge is 2.56. The summed E-state index contributed by atoms with van der Waals surface area (Å²) in [7, 11) is 1.33. The summed E-state index contributed by atoms with van der Waals surface area (Å²) >= 11 is 0. The van der Waals surface area contributed by atoms with E-state index in [4.69, 9.17) is 4.74 Å². The van der Waals surface area contributed by atoms with Crippen LogP contribution in [0.3, 0.4) is 0 Å². The van der Waals surface area contributed by atoms with Crippen LogP contribution in [-0.4, -0.2) is 94.2 Å². The third kappa shape index (κ3) is 4.05. The van der Waals surface area contributed by atoms with Gasteiger partial charge in [-0.15, -0.1) is 0 Å². The van der Waals surface area contributed by atoms with Gasteiger partial charge in [0.15, 0.2) is 0 Å². The van der Waals surface area contributed by atoms with Gasteiger partial charge in [-0.25, -0.2) is 4.79 Å². The lowest BCUT2D eigenvalue weighted by molar-refractivity contribution is -0.108. The van der Waals surface area contributed by atoms with Gasteiger partial charge in [-0.1, -0.05) is 24.3 Å². The van der Waals surface area contributed by atoms with Crippen molar-refractivity contribution in [1.29, 1.82) is 0 Å². The Morgan fingerprint density at radius 3 is 2.69 bits per heavy atom. The molecular formula is C28H30N4O4. The Bertz CT molecular complexity index is 1320. The Balaban J connectivity index is 1.20. The molecule has 186 valence electrons.